The van der Waals surface area contributed by atoms with Gasteiger partial charge in [0.05, 0.1) is 31.7 Å². The third kappa shape index (κ3) is 4.11. The van der Waals surface area contributed by atoms with Gasteiger partial charge in [-0.3, -0.25) is 4.79 Å². The van der Waals surface area contributed by atoms with Crippen LogP contribution >= 0.6 is 0 Å². The number of benzene rings is 1. The Morgan fingerprint density at radius 3 is 2.68 bits per heavy atom. The summed E-state index contributed by atoms with van der Waals surface area (Å²) in [5, 5.41) is 2.85. The van der Waals surface area contributed by atoms with Gasteiger partial charge in [-0.05, 0) is 12.1 Å². The molecule has 7 nitrogen and oxygen atoms in total. The van der Waals surface area contributed by atoms with Crippen LogP contribution in [0.1, 0.15) is 0 Å². The molecule has 0 atom stereocenters. The highest BCUT2D eigenvalue weighted by Crippen LogP contribution is 2.26. The number of likely N-dealkylation sites (N-methyl/N-ethyl adjacent to an activating group) is 1. The maximum absolute atomic E-state index is 12.1. The molecular formula is C15H21N3O4. The van der Waals surface area contributed by atoms with Crippen molar-refractivity contribution in [1.29, 1.82) is 0 Å². The van der Waals surface area contributed by atoms with Crippen molar-refractivity contribution in [2.75, 3.05) is 57.2 Å². The molecule has 7 heteroatoms. The van der Waals surface area contributed by atoms with E-state index in [1.807, 2.05) is 24.3 Å². The number of nitrogens with one attached hydrogen (secondary N) is 1. The Bertz CT molecular complexity index is 529. The Kier molecular flexibility index (Phi) is 5.60. The summed E-state index contributed by atoms with van der Waals surface area (Å²) in [5.74, 6) is -0.270. The van der Waals surface area contributed by atoms with Crippen LogP contribution in [-0.2, 0) is 14.3 Å². The zero-order valence-electron chi connectivity index (χ0n) is 12.9. The summed E-state index contributed by atoms with van der Waals surface area (Å²) in [7, 11) is 2.80. The van der Waals surface area contributed by atoms with Gasteiger partial charge in [0.15, 0.2) is 0 Å². The summed E-state index contributed by atoms with van der Waals surface area (Å²) < 4.78 is 9.91. The number of methoxy groups -OCH3 is 1. The summed E-state index contributed by atoms with van der Waals surface area (Å²) >= 11 is 0. The molecule has 0 bridgehead atoms. The largest absolute Gasteiger partial charge is 0.453 e. The monoisotopic (exact) mass is 307 g/mol. The Labute approximate surface area is 129 Å². The lowest BCUT2D eigenvalue weighted by Gasteiger charge is -2.30. The van der Waals surface area contributed by atoms with E-state index in [4.69, 9.17) is 4.74 Å². The number of hydrogen-bond acceptors (Lipinski definition) is 5. The Hall–Kier alpha value is -2.28. The first-order chi connectivity index (χ1) is 10.6. The van der Waals surface area contributed by atoms with Gasteiger partial charge in [0.2, 0.25) is 5.91 Å². The van der Waals surface area contributed by atoms with Gasteiger partial charge in [0.25, 0.3) is 0 Å². The van der Waals surface area contributed by atoms with Gasteiger partial charge in [-0.15, -0.1) is 0 Å². The average molecular weight is 307 g/mol. The van der Waals surface area contributed by atoms with Crippen LogP contribution in [0.5, 0.6) is 0 Å². The van der Waals surface area contributed by atoms with E-state index in [1.165, 1.54) is 19.1 Å². The number of anilines is 2. The van der Waals surface area contributed by atoms with Crippen molar-refractivity contribution < 1.29 is 19.1 Å². The van der Waals surface area contributed by atoms with Crippen molar-refractivity contribution in [3.05, 3.63) is 24.3 Å². The van der Waals surface area contributed by atoms with E-state index in [0.29, 0.717) is 13.2 Å². The zero-order valence-corrected chi connectivity index (χ0v) is 12.9. The third-order valence-electron chi connectivity index (χ3n) is 3.40. The maximum atomic E-state index is 12.1. The molecule has 2 amide bonds. The highest BCUT2D eigenvalue weighted by Gasteiger charge is 2.17. The van der Waals surface area contributed by atoms with E-state index in [-0.39, 0.29) is 12.5 Å². The number of ether oxygens (including phenoxy) is 2. The highest BCUT2D eigenvalue weighted by atomic mass is 16.5. The minimum absolute atomic E-state index is 0.0654. The van der Waals surface area contributed by atoms with Gasteiger partial charge in [0.1, 0.15) is 6.54 Å². The minimum Gasteiger partial charge on any atom is -0.453 e. The highest BCUT2D eigenvalue weighted by molar-refractivity contribution is 5.96. The van der Waals surface area contributed by atoms with Gasteiger partial charge in [-0.1, -0.05) is 12.1 Å². The van der Waals surface area contributed by atoms with Gasteiger partial charge in [-0.2, -0.15) is 0 Å². The molecular weight excluding hydrogens is 286 g/mol. The van der Waals surface area contributed by atoms with Crippen molar-refractivity contribution in [2.24, 2.45) is 0 Å². The second-order valence-corrected chi connectivity index (χ2v) is 4.99. The number of amides is 2. The van der Waals surface area contributed by atoms with Gasteiger partial charge in [0, 0.05) is 20.1 Å². The van der Waals surface area contributed by atoms with E-state index in [0.717, 1.165) is 24.5 Å². The topological polar surface area (TPSA) is 71.1 Å². The molecule has 1 aromatic rings. The second-order valence-electron chi connectivity index (χ2n) is 4.99. The molecule has 1 saturated heterocycles. The smallest absolute Gasteiger partial charge is 0.409 e. The molecule has 1 aliphatic rings. The van der Waals surface area contributed by atoms with Crippen LogP contribution in [0.25, 0.3) is 0 Å². The molecule has 0 unspecified atom stereocenters. The van der Waals surface area contributed by atoms with Crippen LogP contribution in [0.15, 0.2) is 24.3 Å². The first-order valence-corrected chi connectivity index (χ1v) is 7.12. The Morgan fingerprint density at radius 2 is 2.00 bits per heavy atom. The predicted molar refractivity (Wildman–Crippen MR) is 83.1 cm³/mol. The molecule has 1 heterocycles. The summed E-state index contributed by atoms with van der Waals surface area (Å²) in [6.07, 6.45) is -0.545. The average Bonchev–Trinajstić information content (AvgIpc) is 2.55. The summed E-state index contributed by atoms with van der Waals surface area (Å²) in [6.45, 7) is 2.86. The quantitative estimate of drug-likeness (QED) is 0.904. The van der Waals surface area contributed by atoms with Crippen molar-refractivity contribution in [2.45, 2.75) is 0 Å². The summed E-state index contributed by atoms with van der Waals surface area (Å²) in [4.78, 5) is 26.8. The summed E-state index contributed by atoms with van der Waals surface area (Å²) in [6, 6.07) is 7.61. The van der Waals surface area contributed by atoms with E-state index in [1.54, 1.807) is 0 Å². The SMILES string of the molecule is COC(=O)N(C)CC(=O)Nc1ccccc1N1CCOCC1. The molecule has 1 fully saturated rings. The lowest BCUT2D eigenvalue weighted by atomic mass is 10.2. The molecule has 1 N–H and O–H groups in total. The molecule has 0 spiro atoms. The summed E-state index contributed by atoms with van der Waals surface area (Å²) in [5.41, 5.74) is 1.69. The molecule has 1 aromatic carbocycles. The van der Waals surface area contributed by atoms with Crippen LogP contribution in [-0.4, -0.2) is 63.9 Å². The van der Waals surface area contributed by atoms with Crippen molar-refractivity contribution in [3.8, 4) is 0 Å². The van der Waals surface area contributed by atoms with E-state index >= 15 is 0 Å². The molecule has 0 radical (unpaired) electrons. The van der Waals surface area contributed by atoms with Crippen molar-refractivity contribution in [1.82, 2.24) is 4.90 Å². The number of hydrogen-bond donors (Lipinski definition) is 1. The standard InChI is InChI=1S/C15H21N3O4/c1-17(15(20)21-2)11-14(19)16-12-5-3-4-6-13(12)18-7-9-22-10-8-18/h3-6H,7-11H2,1-2H3,(H,16,19). The minimum atomic E-state index is -0.545. The Morgan fingerprint density at radius 1 is 1.32 bits per heavy atom. The van der Waals surface area contributed by atoms with Crippen LogP contribution in [0.4, 0.5) is 16.2 Å². The number of carbonyl (C=O) groups excluding carboxylic acids is 2. The number of carbonyl (C=O) groups is 2. The normalized spacial score (nSPS) is 14.4. The number of nitrogens with zero attached hydrogens (tertiary/aromatic N) is 2. The van der Waals surface area contributed by atoms with Crippen molar-refractivity contribution >= 4 is 23.4 Å². The lowest BCUT2D eigenvalue weighted by Crippen LogP contribution is -2.37. The van der Waals surface area contributed by atoms with Crippen LogP contribution in [0, 0.1) is 0 Å². The van der Waals surface area contributed by atoms with Crippen LogP contribution < -0.4 is 10.2 Å². The second kappa shape index (κ2) is 7.65. The van der Waals surface area contributed by atoms with Crippen molar-refractivity contribution in [3.63, 3.8) is 0 Å². The van der Waals surface area contributed by atoms with Gasteiger partial charge >= 0.3 is 6.09 Å². The number of para-hydroxylation sites is 2. The fraction of sp³-hybridized carbons (Fsp3) is 0.467. The number of rotatable bonds is 4. The predicted octanol–water partition coefficient (Wildman–Crippen LogP) is 1.16. The molecule has 0 aromatic heterocycles. The molecule has 2 rings (SSSR count). The first-order valence-electron chi connectivity index (χ1n) is 7.12. The zero-order chi connectivity index (χ0) is 15.9. The Balaban J connectivity index is 2.03. The van der Waals surface area contributed by atoms with Crippen LogP contribution in [0.2, 0.25) is 0 Å². The molecule has 0 aliphatic carbocycles. The molecule has 0 saturated carbocycles. The molecule has 22 heavy (non-hydrogen) atoms. The molecule has 1 aliphatic heterocycles. The first kappa shape index (κ1) is 16.1. The number of morpholine rings is 1. The van der Waals surface area contributed by atoms with E-state index in [2.05, 4.69) is 15.0 Å². The van der Waals surface area contributed by atoms with Gasteiger partial charge in [-0.25, -0.2) is 4.79 Å². The molecule has 120 valence electrons. The maximum Gasteiger partial charge on any atom is 0.409 e. The van der Waals surface area contributed by atoms with Gasteiger partial charge < -0.3 is 24.6 Å². The fourth-order valence-electron chi connectivity index (χ4n) is 2.28. The third-order valence-corrected chi connectivity index (χ3v) is 3.40. The van der Waals surface area contributed by atoms with Crippen LogP contribution in [0.3, 0.4) is 0 Å². The lowest BCUT2D eigenvalue weighted by molar-refractivity contribution is -0.116. The van der Waals surface area contributed by atoms with E-state index < -0.39 is 6.09 Å². The van der Waals surface area contributed by atoms with E-state index in [9.17, 15) is 9.59 Å². The fourth-order valence-corrected chi connectivity index (χ4v) is 2.28.